The second kappa shape index (κ2) is 6.59. The van der Waals surface area contributed by atoms with Crippen LogP contribution in [0.3, 0.4) is 0 Å². The van der Waals surface area contributed by atoms with Crippen molar-refractivity contribution < 1.29 is 0 Å². The Kier molecular flexibility index (Phi) is 3.64. The number of aromatic amines is 2. The number of benzene rings is 1. The van der Waals surface area contributed by atoms with Crippen molar-refractivity contribution in [2.75, 3.05) is 0 Å². The molecule has 0 aliphatic carbocycles. The molecule has 0 aliphatic rings. The topological polar surface area (TPSA) is 96.0 Å². The van der Waals surface area contributed by atoms with Gasteiger partial charge < -0.3 is 4.98 Å². The molecule has 1 aromatic carbocycles. The molecule has 30 heavy (non-hydrogen) atoms. The van der Waals surface area contributed by atoms with Crippen LogP contribution in [0.1, 0.15) is 0 Å². The molecular formula is C23H15N7. The number of pyridine rings is 2. The van der Waals surface area contributed by atoms with Crippen LogP contribution in [0.5, 0.6) is 0 Å². The first-order valence-electron chi connectivity index (χ1n) is 9.49. The van der Waals surface area contributed by atoms with E-state index in [1.54, 1.807) is 24.8 Å². The number of hydrogen-bond donors (Lipinski definition) is 2. The largest absolute Gasteiger partial charge is 0.353 e. The summed E-state index contributed by atoms with van der Waals surface area (Å²) >= 11 is 0. The fourth-order valence-electron chi connectivity index (χ4n) is 3.77. The van der Waals surface area contributed by atoms with Crippen LogP contribution < -0.4 is 0 Å². The molecule has 7 nitrogen and oxygen atoms in total. The predicted molar refractivity (Wildman–Crippen MR) is 115 cm³/mol. The zero-order chi connectivity index (χ0) is 19.9. The SMILES string of the molecule is c1cncc(-c2cccc3[nH]c(-c4n[nH]c5ncc(-c6cncnc6)cc45)cc23)c1. The number of hydrogen-bond acceptors (Lipinski definition) is 5. The zero-order valence-corrected chi connectivity index (χ0v) is 15.7. The highest BCUT2D eigenvalue weighted by Gasteiger charge is 2.15. The smallest absolute Gasteiger partial charge is 0.155 e. The molecule has 0 aliphatic heterocycles. The summed E-state index contributed by atoms with van der Waals surface area (Å²) in [6.07, 6.45) is 10.5. The molecule has 0 unspecified atom stereocenters. The van der Waals surface area contributed by atoms with E-state index in [1.165, 1.54) is 6.33 Å². The Labute approximate surface area is 170 Å². The molecule has 0 bridgehead atoms. The molecule has 7 heteroatoms. The summed E-state index contributed by atoms with van der Waals surface area (Å²) in [6, 6.07) is 14.4. The van der Waals surface area contributed by atoms with Crippen LogP contribution >= 0.6 is 0 Å². The number of fused-ring (bicyclic) bond motifs is 2. The minimum atomic E-state index is 0.733. The normalized spacial score (nSPS) is 11.3. The summed E-state index contributed by atoms with van der Waals surface area (Å²) in [5.41, 5.74) is 7.59. The molecule has 0 saturated carbocycles. The summed E-state index contributed by atoms with van der Waals surface area (Å²) < 4.78 is 0. The summed E-state index contributed by atoms with van der Waals surface area (Å²) in [5, 5.41) is 9.63. The fourth-order valence-corrected chi connectivity index (χ4v) is 3.77. The molecule has 0 spiro atoms. The van der Waals surface area contributed by atoms with Gasteiger partial charge in [0.25, 0.3) is 0 Å². The van der Waals surface area contributed by atoms with Crippen molar-refractivity contribution in [1.29, 1.82) is 0 Å². The molecule has 0 amide bonds. The Morgan fingerprint density at radius 1 is 0.733 bits per heavy atom. The summed E-state index contributed by atoms with van der Waals surface area (Å²) in [4.78, 5) is 20.5. The van der Waals surface area contributed by atoms with Gasteiger partial charge in [-0.3, -0.25) is 10.1 Å². The number of aromatic nitrogens is 7. The molecule has 2 N–H and O–H groups in total. The Bertz CT molecular complexity index is 1480. The van der Waals surface area contributed by atoms with E-state index in [1.807, 2.05) is 18.3 Å². The van der Waals surface area contributed by atoms with Gasteiger partial charge in [-0.15, -0.1) is 0 Å². The van der Waals surface area contributed by atoms with Gasteiger partial charge in [0.15, 0.2) is 5.65 Å². The van der Waals surface area contributed by atoms with Gasteiger partial charge in [-0.25, -0.2) is 15.0 Å². The van der Waals surface area contributed by atoms with Crippen LogP contribution in [-0.2, 0) is 0 Å². The third kappa shape index (κ3) is 2.64. The molecule has 0 atom stereocenters. The Balaban J connectivity index is 1.52. The molecule has 5 aromatic heterocycles. The average molecular weight is 389 g/mol. The third-order valence-corrected chi connectivity index (χ3v) is 5.20. The fraction of sp³-hybridized carbons (Fsp3) is 0. The lowest BCUT2D eigenvalue weighted by Gasteiger charge is -2.02. The minimum Gasteiger partial charge on any atom is -0.353 e. The van der Waals surface area contributed by atoms with Gasteiger partial charge in [-0.2, -0.15) is 5.10 Å². The minimum absolute atomic E-state index is 0.733. The van der Waals surface area contributed by atoms with Crippen molar-refractivity contribution in [1.82, 2.24) is 35.1 Å². The number of nitrogens with zero attached hydrogens (tertiary/aromatic N) is 5. The van der Waals surface area contributed by atoms with Gasteiger partial charge in [0, 0.05) is 64.0 Å². The molecule has 5 heterocycles. The van der Waals surface area contributed by atoms with Crippen LogP contribution in [0.15, 0.2) is 79.8 Å². The lowest BCUT2D eigenvalue weighted by atomic mass is 10.0. The summed E-state index contributed by atoms with van der Waals surface area (Å²) in [5.74, 6) is 0. The Morgan fingerprint density at radius 2 is 1.63 bits per heavy atom. The zero-order valence-electron chi connectivity index (χ0n) is 15.7. The molecule has 142 valence electrons. The molecule has 6 aromatic rings. The second-order valence-electron chi connectivity index (χ2n) is 7.01. The molecule has 0 radical (unpaired) electrons. The summed E-state index contributed by atoms with van der Waals surface area (Å²) in [6.45, 7) is 0. The van der Waals surface area contributed by atoms with Gasteiger partial charge in [0.1, 0.15) is 12.0 Å². The average Bonchev–Trinajstić information content (AvgIpc) is 3.43. The van der Waals surface area contributed by atoms with Crippen molar-refractivity contribution in [3.63, 3.8) is 0 Å². The van der Waals surface area contributed by atoms with Crippen LogP contribution in [-0.4, -0.2) is 35.1 Å². The first-order valence-corrected chi connectivity index (χ1v) is 9.49. The number of rotatable bonds is 3. The lowest BCUT2D eigenvalue weighted by molar-refractivity contribution is 1.10. The maximum atomic E-state index is 4.54. The standard InChI is InChI=1S/C23H15N7/c1-4-17(14-3-2-6-24-9-14)18-8-21(28-20(18)5-1)22-19-7-15(12-27-23(19)30-29-22)16-10-25-13-26-11-16/h1-13,28H,(H,27,29,30). The first kappa shape index (κ1) is 16.6. The highest BCUT2D eigenvalue weighted by atomic mass is 15.2. The van der Waals surface area contributed by atoms with Crippen molar-refractivity contribution in [3.05, 3.63) is 79.8 Å². The Hall–Kier alpha value is -4.39. The Morgan fingerprint density at radius 3 is 2.50 bits per heavy atom. The maximum Gasteiger partial charge on any atom is 0.155 e. The van der Waals surface area contributed by atoms with Gasteiger partial charge >= 0.3 is 0 Å². The van der Waals surface area contributed by atoms with Crippen molar-refractivity contribution in [2.24, 2.45) is 0 Å². The van der Waals surface area contributed by atoms with Crippen molar-refractivity contribution >= 4 is 21.9 Å². The van der Waals surface area contributed by atoms with E-state index in [4.69, 9.17) is 0 Å². The predicted octanol–water partition coefficient (Wildman–Crippen LogP) is 4.63. The quantitative estimate of drug-likeness (QED) is 0.460. The highest BCUT2D eigenvalue weighted by Crippen LogP contribution is 2.34. The third-order valence-electron chi connectivity index (χ3n) is 5.20. The van der Waals surface area contributed by atoms with Gasteiger partial charge in [-0.1, -0.05) is 18.2 Å². The number of H-pyrrole nitrogens is 2. The van der Waals surface area contributed by atoms with Crippen LogP contribution in [0.4, 0.5) is 0 Å². The number of nitrogens with one attached hydrogen (secondary N) is 2. The first-order chi connectivity index (χ1) is 14.9. The highest BCUT2D eigenvalue weighted by molar-refractivity contribution is 6.01. The van der Waals surface area contributed by atoms with Crippen molar-refractivity contribution in [3.8, 4) is 33.6 Å². The van der Waals surface area contributed by atoms with Crippen LogP contribution in [0.2, 0.25) is 0 Å². The van der Waals surface area contributed by atoms with Gasteiger partial charge in [0.05, 0.1) is 5.69 Å². The van der Waals surface area contributed by atoms with E-state index < -0.39 is 0 Å². The molecular weight excluding hydrogens is 374 g/mol. The van der Waals surface area contributed by atoms with E-state index in [9.17, 15) is 0 Å². The summed E-state index contributed by atoms with van der Waals surface area (Å²) in [7, 11) is 0. The van der Waals surface area contributed by atoms with Crippen LogP contribution in [0.25, 0.3) is 55.6 Å². The molecule has 0 saturated heterocycles. The monoisotopic (exact) mass is 389 g/mol. The van der Waals surface area contributed by atoms with Gasteiger partial charge in [0.2, 0.25) is 0 Å². The maximum absolute atomic E-state index is 4.54. The van der Waals surface area contributed by atoms with E-state index in [0.29, 0.717) is 0 Å². The van der Waals surface area contributed by atoms with E-state index >= 15 is 0 Å². The van der Waals surface area contributed by atoms with Crippen molar-refractivity contribution in [2.45, 2.75) is 0 Å². The van der Waals surface area contributed by atoms with Gasteiger partial charge in [-0.05, 0) is 29.8 Å². The lowest BCUT2D eigenvalue weighted by Crippen LogP contribution is -1.85. The van der Waals surface area contributed by atoms with Crippen LogP contribution in [0, 0.1) is 0 Å². The molecule has 6 rings (SSSR count). The van der Waals surface area contributed by atoms with E-state index in [2.05, 4.69) is 65.4 Å². The second-order valence-corrected chi connectivity index (χ2v) is 7.01. The van der Waals surface area contributed by atoms with E-state index in [0.717, 1.165) is 55.6 Å². The van der Waals surface area contributed by atoms with E-state index in [-0.39, 0.29) is 0 Å². The molecule has 0 fully saturated rings.